The smallest absolute Gasteiger partial charge is 0.408 e. The molecule has 0 saturated carbocycles. The highest BCUT2D eigenvalue weighted by Crippen LogP contribution is 2.29. The van der Waals surface area contributed by atoms with Crippen LogP contribution in [0.2, 0.25) is 0 Å². The molecule has 0 heterocycles. The number of nitrogens with one attached hydrogen (secondary N) is 2. The van der Waals surface area contributed by atoms with Crippen LogP contribution >= 0.6 is 0 Å². The molecule has 2 aromatic carbocycles. The van der Waals surface area contributed by atoms with Crippen LogP contribution < -0.4 is 15.4 Å². The van der Waals surface area contributed by atoms with E-state index >= 15 is 0 Å². The van der Waals surface area contributed by atoms with Gasteiger partial charge in [-0.25, -0.2) is 4.79 Å². The SMILES string of the molecule is COc1ccccc1[C@@H](C)C[C@H](NC(=O)OCc1ccccc1)C(=O)NCC#N. The maximum absolute atomic E-state index is 12.5. The van der Waals surface area contributed by atoms with E-state index in [1.807, 2.05) is 67.6 Å². The second kappa shape index (κ2) is 11.3. The first-order valence-electron chi connectivity index (χ1n) is 9.30. The van der Waals surface area contributed by atoms with Gasteiger partial charge >= 0.3 is 6.09 Å². The average Bonchev–Trinajstić information content (AvgIpc) is 2.76. The maximum Gasteiger partial charge on any atom is 0.408 e. The van der Waals surface area contributed by atoms with Crippen LogP contribution in [0.15, 0.2) is 54.6 Å². The fraction of sp³-hybridized carbons (Fsp3) is 0.318. The van der Waals surface area contributed by atoms with Crippen LogP contribution in [0.4, 0.5) is 4.79 Å². The number of carbonyl (C=O) groups excluding carboxylic acids is 2. The van der Waals surface area contributed by atoms with Crippen molar-refractivity contribution in [3.8, 4) is 11.8 Å². The Morgan fingerprint density at radius 3 is 2.48 bits per heavy atom. The Morgan fingerprint density at radius 2 is 1.79 bits per heavy atom. The predicted molar refractivity (Wildman–Crippen MR) is 108 cm³/mol. The first kappa shape index (κ1) is 21.8. The van der Waals surface area contributed by atoms with Crippen molar-refractivity contribution in [2.24, 2.45) is 0 Å². The summed E-state index contributed by atoms with van der Waals surface area (Å²) in [4.78, 5) is 24.7. The van der Waals surface area contributed by atoms with Crippen LogP contribution in [0.1, 0.15) is 30.4 Å². The lowest BCUT2D eigenvalue weighted by atomic mass is 9.92. The van der Waals surface area contributed by atoms with Gasteiger partial charge in [-0.2, -0.15) is 5.26 Å². The van der Waals surface area contributed by atoms with Crippen molar-refractivity contribution in [2.45, 2.75) is 31.9 Å². The number of methoxy groups -OCH3 is 1. The molecule has 0 bridgehead atoms. The largest absolute Gasteiger partial charge is 0.496 e. The number of hydrogen-bond donors (Lipinski definition) is 2. The molecule has 0 aromatic heterocycles. The molecule has 29 heavy (non-hydrogen) atoms. The molecule has 0 fully saturated rings. The van der Waals surface area contributed by atoms with Gasteiger partial charge in [0, 0.05) is 0 Å². The molecule has 2 atom stereocenters. The standard InChI is InChI=1S/C22H25N3O4/c1-16(18-10-6-7-11-20(18)28-2)14-19(21(26)24-13-12-23)25-22(27)29-15-17-8-4-3-5-9-17/h3-11,16,19H,13-15H2,1-2H3,(H,24,26)(H,25,27)/t16-,19-/m0/s1. The first-order chi connectivity index (χ1) is 14.0. The Bertz CT molecular complexity index is 849. The van der Waals surface area contributed by atoms with Gasteiger partial charge in [0.05, 0.1) is 13.2 Å². The number of benzene rings is 2. The molecular weight excluding hydrogens is 370 g/mol. The van der Waals surface area contributed by atoms with Crippen molar-refractivity contribution in [3.63, 3.8) is 0 Å². The van der Waals surface area contributed by atoms with E-state index in [-0.39, 0.29) is 19.1 Å². The van der Waals surface area contributed by atoms with Crippen LogP contribution in [0, 0.1) is 11.3 Å². The zero-order valence-corrected chi connectivity index (χ0v) is 16.6. The molecule has 7 nitrogen and oxygen atoms in total. The van der Waals surface area contributed by atoms with Crippen molar-refractivity contribution in [2.75, 3.05) is 13.7 Å². The molecule has 2 aromatic rings. The third-order valence-corrected chi connectivity index (χ3v) is 4.42. The molecule has 0 spiro atoms. The number of carbonyl (C=O) groups is 2. The number of alkyl carbamates (subject to hydrolysis) is 1. The molecule has 2 rings (SSSR count). The molecule has 0 aliphatic heterocycles. The van der Waals surface area contributed by atoms with Crippen LogP contribution in [-0.2, 0) is 16.1 Å². The van der Waals surface area contributed by atoms with Crippen LogP contribution in [0.5, 0.6) is 5.75 Å². The van der Waals surface area contributed by atoms with Gasteiger partial charge in [0.2, 0.25) is 5.91 Å². The highest BCUT2D eigenvalue weighted by atomic mass is 16.5. The van der Waals surface area contributed by atoms with E-state index in [0.717, 1.165) is 11.1 Å². The monoisotopic (exact) mass is 395 g/mol. The lowest BCUT2D eigenvalue weighted by Gasteiger charge is -2.22. The van der Waals surface area contributed by atoms with E-state index in [0.29, 0.717) is 12.2 Å². The minimum atomic E-state index is -0.855. The van der Waals surface area contributed by atoms with Gasteiger partial charge < -0.3 is 20.1 Å². The summed E-state index contributed by atoms with van der Waals surface area (Å²) in [6, 6.07) is 17.8. The van der Waals surface area contributed by atoms with Gasteiger partial charge in [0.1, 0.15) is 24.9 Å². The summed E-state index contributed by atoms with van der Waals surface area (Å²) in [5.74, 6) is 0.186. The van der Waals surface area contributed by atoms with Gasteiger partial charge in [-0.3, -0.25) is 4.79 Å². The van der Waals surface area contributed by atoms with Crippen molar-refractivity contribution < 1.29 is 19.1 Å². The molecule has 152 valence electrons. The zero-order valence-electron chi connectivity index (χ0n) is 16.6. The number of nitriles is 1. The van der Waals surface area contributed by atoms with E-state index in [1.54, 1.807) is 7.11 Å². The number of nitrogens with zero attached hydrogens (tertiary/aromatic N) is 1. The van der Waals surface area contributed by atoms with Crippen LogP contribution in [0.25, 0.3) is 0 Å². The van der Waals surface area contributed by atoms with Gasteiger partial charge in [0.25, 0.3) is 0 Å². The highest BCUT2D eigenvalue weighted by molar-refractivity contribution is 5.85. The Balaban J connectivity index is 2.04. The lowest BCUT2D eigenvalue weighted by molar-refractivity contribution is -0.123. The third-order valence-electron chi connectivity index (χ3n) is 4.42. The Hall–Kier alpha value is -3.53. The summed E-state index contributed by atoms with van der Waals surface area (Å²) in [5.41, 5.74) is 1.77. The second-order valence-corrected chi connectivity index (χ2v) is 6.51. The summed E-state index contributed by atoms with van der Waals surface area (Å²) >= 11 is 0. The topological polar surface area (TPSA) is 100 Å². The summed E-state index contributed by atoms with van der Waals surface area (Å²) in [6.07, 6.45) is -0.379. The molecule has 2 N–H and O–H groups in total. The first-order valence-corrected chi connectivity index (χ1v) is 9.30. The fourth-order valence-electron chi connectivity index (χ4n) is 2.94. The van der Waals surface area contributed by atoms with Gasteiger partial charge in [0.15, 0.2) is 0 Å². The van der Waals surface area contributed by atoms with E-state index in [1.165, 1.54) is 0 Å². The maximum atomic E-state index is 12.5. The van der Waals surface area contributed by atoms with E-state index in [2.05, 4.69) is 10.6 Å². The van der Waals surface area contributed by atoms with E-state index in [9.17, 15) is 9.59 Å². The van der Waals surface area contributed by atoms with Gasteiger partial charge in [-0.15, -0.1) is 0 Å². The second-order valence-electron chi connectivity index (χ2n) is 6.51. The average molecular weight is 395 g/mol. The minimum absolute atomic E-state index is 0.0848. The van der Waals surface area contributed by atoms with Crippen LogP contribution in [-0.4, -0.2) is 31.7 Å². The Kier molecular flexibility index (Phi) is 8.51. The predicted octanol–water partition coefficient (Wildman–Crippen LogP) is 3.12. The summed E-state index contributed by atoms with van der Waals surface area (Å²) in [5, 5.41) is 13.8. The molecule has 0 aliphatic rings. The number of hydrogen-bond acceptors (Lipinski definition) is 5. The molecular formula is C22H25N3O4. The molecule has 7 heteroatoms. The third kappa shape index (κ3) is 6.85. The highest BCUT2D eigenvalue weighted by Gasteiger charge is 2.25. The van der Waals surface area contributed by atoms with Gasteiger partial charge in [-0.1, -0.05) is 55.5 Å². The Morgan fingerprint density at radius 1 is 1.10 bits per heavy atom. The number of ether oxygens (including phenoxy) is 2. The Labute approximate surface area is 170 Å². The molecule has 0 unspecified atom stereocenters. The number of para-hydroxylation sites is 1. The molecule has 0 aliphatic carbocycles. The summed E-state index contributed by atoms with van der Waals surface area (Å²) in [6.45, 7) is 1.90. The molecule has 0 radical (unpaired) electrons. The number of amides is 2. The van der Waals surface area contributed by atoms with Crippen LogP contribution in [0.3, 0.4) is 0 Å². The van der Waals surface area contributed by atoms with Crippen molar-refractivity contribution in [1.29, 1.82) is 5.26 Å². The summed E-state index contributed by atoms with van der Waals surface area (Å²) < 4.78 is 10.6. The van der Waals surface area contributed by atoms with Gasteiger partial charge in [-0.05, 0) is 29.5 Å². The normalized spacial score (nSPS) is 12.2. The lowest BCUT2D eigenvalue weighted by Crippen LogP contribution is -2.47. The number of rotatable bonds is 9. The van der Waals surface area contributed by atoms with Crippen molar-refractivity contribution >= 4 is 12.0 Å². The molecule has 0 saturated heterocycles. The summed E-state index contributed by atoms with van der Waals surface area (Å²) in [7, 11) is 1.59. The fourth-order valence-corrected chi connectivity index (χ4v) is 2.94. The quantitative estimate of drug-likeness (QED) is 0.636. The van der Waals surface area contributed by atoms with E-state index in [4.69, 9.17) is 14.7 Å². The minimum Gasteiger partial charge on any atom is -0.496 e. The van der Waals surface area contributed by atoms with Crippen molar-refractivity contribution in [3.05, 3.63) is 65.7 Å². The molecule has 2 amide bonds. The van der Waals surface area contributed by atoms with E-state index < -0.39 is 18.0 Å². The zero-order chi connectivity index (χ0) is 21.1. The van der Waals surface area contributed by atoms with Crippen molar-refractivity contribution in [1.82, 2.24) is 10.6 Å².